The molecule has 2 aromatic rings. The van der Waals surface area contributed by atoms with E-state index >= 15 is 0 Å². The molecule has 0 radical (unpaired) electrons. The lowest BCUT2D eigenvalue weighted by Crippen LogP contribution is -2.60. The molecule has 58 heavy (non-hydrogen) atoms. The number of carbonyl (C=O) groups is 4. The molecule has 6 atom stereocenters. The standard InChI is InChI=1S/C41H54N6O10S/c1-4-26-21-41(26,39(50)45-58(52,53)29-12-13-29)44-37(48)32-18-28-23-47(32)38(49)36(24-9-6-7-10-24)43-40(51)46-15-14-27(22-46)56-16-8-11-25-17-30-31(19-33(25)54-3)42-35(55-5-2)20-34(30)57-28/h8,11,17,19-20,24,26-29,32,36H,4-7,9-10,12-16,18,21-23H2,1-3H3,(H,43,51)(H,44,48)(H,45,50)/t26-,27+,28-,32+,36+,41-/m1/s1. The normalized spacial score (nSPS) is 29.1. The fourth-order valence-electron chi connectivity index (χ4n) is 9.18. The first-order valence-electron chi connectivity index (χ1n) is 20.8. The molecular weight excluding hydrogens is 769 g/mol. The first-order valence-corrected chi connectivity index (χ1v) is 22.3. The summed E-state index contributed by atoms with van der Waals surface area (Å²) in [6, 6.07) is 3.05. The fourth-order valence-corrected chi connectivity index (χ4v) is 10.5. The zero-order valence-corrected chi connectivity index (χ0v) is 34.2. The van der Waals surface area contributed by atoms with Gasteiger partial charge < -0.3 is 39.4 Å². The monoisotopic (exact) mass is 822 g/mol. The first kappa shape index (κ1) is 40.2. The van der Waals surface area contributed by atoms with Crippen LogP contribution in [0.3, 0.4) is 0 Å². The van der Waals surface area contributed by atoms with Gasteiger partial charge in [0.15, 0.2) is 0 Å². The number of rotatable bonds is 10. The van der Waals surface area contributed by atoms with Crippen LogP contribution >= 0.6 is 0 Å². The molecule has 6 aliphatic rings. The van der Waals surface area contributed by atoms with Crippen molar-refractivity contribution < 1.29 is 46.5 Å². The second-order valence-corrected chi connectivity index (χ2v) is 18.5. The zero-order chi connectivity index (χ0) is 40.8. The van der Waals surface area contributed by atoms with Gasteiger partial charge in [-0.2, -0.15) is 0 Å². The Hall–Kier alpha value is -4.64. The molecule has 1 aromatic heterocycles. The van der Waals surface area contributed by atoms with Gasteiger partial charge in [-0.3, -0.25) is 19.1 Å². The third kappa shape index (κ3) is 8.03. The maximum absolute atomic E-state index is 15.0. The molecular formula is C41H54N6O10S. The van der Waals surface area contributed by atoms with E-state index in [0.717, 1.165) is 31.2 Å². The molecule has 5 fully saturated rings. The highest BCUT2D eigenvalue weighted by atomic mass is 32.2. The van der Waals surface area contributed by atoms with Crippen molar-refractivity contribution in [2.75, 3.05) is 40.0 Å². The molecule has 3 saturated carbocycles. The van der Waals surface area contributed by atoms with Gasteiger partial charge in [0.1, 0.15) is 35.2 Å². The molecule has 1 aromatic carbocycles. The summed E-state index contributed by atoms with van der Waals surface area (Å²) in [6.45, 7) is 5.25. The minimum absolute atomic E-state index is 0.0127. The van der Waals surface area contributed by atoms with Gasteiger partial charge in [0.05, 0.1) is 43.7 Å². The number of sulfonamides is 1. The third-order valence-electron chi connectivity index (χ3n) is 12.7. The van der Waals surface area contributed by atoms with Crippen LogP contribution in [0.4, 0.5) is 4.79 Å². The van der Waals surface area contributed by atoms with E-state index in [1.54, 1.807) is 24.1 Å². The van der Waals surface area contributed by atoms with Crippen molar-refractivity contribution >= 4 is 50.8 Å². The predicted octanol–water partition coefficient (Wildman–Crippen LogP) is 3.27. The van der Waals surface area contributed by atoms with Crippen molar-refractivity contribution in [2.45, 2.75) is 113 Å². The van der Waals surface area contributed by atoms with E-state index in [1.807, 2.05) is 32.1 Å². The van der Waals surface area contributed by atoms with Crippen LogP contribution in [0.5, 0.6) is 17.4 Å². The molecule has 314 valence electrons. The highest BCUT2D eigenvalue weighted by molar-refractivity contribution is 7.91. The van der Waals surface area contributed by atoms with Crippen LogP contribution in [0.1, 0.15) is 83.6 Å². The second kappa shape index (κ2) is 16.2. The fraction of sp³-hybridized carbons (Fsp3) is 0.634. The van der Waals surface area contributed by atoms with Gasteiger partial charge in [0.25, 0.3) is 5.91 Å². The van der Waals surface area contributed by atoms with Gasteiger partial charge in [-0.25, -0.2) is 18.2 Å². The first-order chi connectivity index (χ1) is 27.9. The van der Waals surface area contributed by atoms with Gasteiger partial charge in [0, 0.05) is 42.6 Å². The lowest BCUT2D eigenvalue weighted by Gasteiger charge is -2.33. The smallest absolute Gasteiger partial charge is 0.318 e. The highest BCUT2D eigenvalue weighted by Gasteiger charge is 2.62. The van der Waals surface area contributed by atoms with Crippen molar-refractivity contribution in [1.29, 1.82) is 0 Å². The number of aromatic nitrogens is 1. The van der Waals surface area contributed by atoms with Crippen molar-refractivity contribution in [1.82, 2.24) is 30.1 Å². The third-order valence-corrected chi connectivity index (χ3v) is 14.5. The molecule has 4 heterocycles. The Morgan fingerprint density at radius 3 is 2.55 bits per heavy atom. The van der Waals surface area contributed by atoms with E-state index in [0.29, 0.717) is 80.3 Å². The van der Waals surface area contributed by atoms with Crippen LogP contribution in [0.25, 0.3) is 17.0 Å². The Kier molecular flexibility index (Phi) is 11.2. The van der Waals surface area contributed by atoms with E-state index < -0.39 is 56.7 Å². The summed E-state index contributed by atoms with van der Waals surface area (Å²) in [5.41, 5.74) is -0.126. The minimum Gasteiger partial charge on any atom is -0.496 e. The Morgan fingerprint density at radius 2 is 1.84 bits per heavy atom. The van der Waals surface area contributed by atoms with Crippen molar-refractivity contribution in [3.8, 4) is 17.4 Å². The Balaban J connectivity index is 1.17. The number of pyridine rings is 1. The molecule has 16 nitrogen and oxygen atoms in total. The van der Waals surface area contributed by atoms with Crippen LogP contribution in [0.2, 0.25) is 0 Å². The summed E-state index contributed by atoms with van der Waals surface area (Å²) in [7, 11) is -2.29. The van der Waals surface area contributed by atoms with E-state index in [9.17, 15) is 27.6 Å². The largest absolute Gasteiger partial charge is 0.496 e. The number of nitrogens with one attached hydrogen (secondary N) is 3. The number of carbonyl (C=O) groups excluding carboxylic acids is 4. The molecule has 2 saturated heterocycles. The van der Waals surface area contributed by atoms with Crippen LogP contribution in [-0.4, -0.2) is 122 Å². The number of amides is 5. The molecule has 3 aliphatic heterocycles. The summed E-state index contributed by atoms with van der Waals surface area (Å²) >= 11 is 0. The van der Waals surface area contributed by atoms with E-state index in [2.05, 4.69) is 15.4 Å². The van der Waals surface area contributed by atoms with Gasteiger partial charge in [0.2, 0.25) is 27.7 Å². The van der Waals surface area contributed by atoms with Crippen molar-refractivity contribution in [2.24, 2.45) is 11.8 Å². The number of urea groups is 1. The number of hydrogen-bond acceptors (Lipinski definition) is 11. The van der Waals surface area contributed by atoms with Gasteiger partial charge >= 0.3 is 6.03 Å². The Bertz CT molecular complexity index is 2090. The summed E-state index contributed by atoms with van der Waals surface area (Å²) in [5, 5.41) is 6.04. The topological polar surface area (TPSA) is 195 Å². The van der Waals surface area contributed by atoms with Crippen LogP contribution < -0.4 is 29.6 Å². The molecule has 3 aliphatic carbocycles. The maximum atomic E-state index is 15.0. The highest BCUT2D eigenvalue weighted by Crippen LogP contribution is 2.47. The molecule has 3 N–H and O–H groups in total. The van der Waals surface area contributed by atoms with Gasteiger partial charge in [-0.15, -0.1) is 0 Å². The lowest BCUT2D eigenvalue weighted by atomic mass is 9.96. The summed E-state index contributed by atoms with van der Waals surface area (Å²) in [4.78, 5) is 65.0. The van der Waals surface area contributed by atoms with Crippen molar-refractivity contribution in [3.63, 3.8) is 0 Å². The molecule has 17 heteroatoms. The van der Waals surface area contributed by atoms with Gasteiger partial charge in [-0.1, -0.05) is 38.3 Å². The average Bonchev–Trinajstić information content (AvgIpc) is 3.97. The number of benzene rings is 1. The average molecular weight is 823 g/mol. The molecule has 0 unspecified atom stereocenters. The lowest BCUT2D eigenvalue weighted by molar-refractivity contribution is -0.142. The number of nitrogens with zero attached hydrogens (tertiary/aromatic N) is 3. The van der Waals surface area contributed by atoms with E-state index in [1.165, 1.54) is 4.90 Å². The van der Waals surface area contributed by atoms with Crippen LogP contribution in [0.15, 0.2) is 24.3 Å². The number of hydrogen-bond donors (Lipinski definition) is 3. The molecule has 5 amide bonds. The zero-order valence-electron chi connectivity index (χ0n) is 33.4. The second-order valence-electron chi connectivity index (χ2n) is 16.5. The Morgan fingerprint density at radius 1 is 1.05 bits per heavy atom. The molecule has 0 spiro atoms. The quantitative estimate of drug-likeness (QED) is 0.319. The summed E-state index contributed by atoms with van der Waals surface area (Å²) in [5.74, 6) is -0.839. The molecule has 8 rings (SSSR count). The SMILES string of the molecule is CCOc1cc2c3cc(c(OC)cc3n1)C=CCO[C@H]1CCN(C1)C(=O)N[C@@H](C1CCCC1)C(=O)N1C[C@@H](C[C@H]1C(=O)N[C@]1(C(=O)NS(=O)(=O)C3CC3)C[C@H]1CC)O2. The van der Waals surface area contributed by atoms with Crippen molar-refractivity contribution in [3.05, 3.63) is 29.8 Å². The van der Waals surface area contributed by atoms with Crippen LogP contribution in [-0.2, 0) is 29.1 Å². The van der Waals surface area contributed by atoms with E-state index in [4.69, 9.17) is 23.9 Å². The number of fused-ring (bicyclic) bond motifs is 5. The molecule has 6 bridgehead atoms. The predicted molar refractivity (Wildman–Crippen MR) is 213 cm³/mol. The van der Waals surface area contributed by atoms with Crippen LogP contribution in [0, 0.1) is 11.8 Å². The summed E-state index contributed by atoms with van der Waals surface area (Å²) < 4.78 is 52.4. The van der Waals surface area contributed by atoms with E-state index in [-0.39, 0.29) is 43.4 Å². The number of ether oxygens (including phenoxy) is 4. The minimum atomic E-state index is -3.87. The maximum Gasteiger partial charge on any atom is 0.318 e. The summed E-state index contributed by atoms with van der Waals surface area (Å²) in [6.07, 6.45) is 8.70. The number of methoxy groups -OCH3 is 1. The van der Waals surface area contributed by atoms with Gasteiger partial charge in [-0.05, 0) is 63.4 Å². The Labute approximate surface area is 338 Å².